The van der Waals surface area contributed by atoms with Gasteiger partial charge in [-0.15, -0.1) is 0 Å². The first kappa shape index (κ1) is 21.9. The molecule has 3 rings (SSSR count). The predicted octanol–water partition coefficient (Wildman–Crippen LogP) is 5.33. The molecule has 0 N–H and O–H groups in total. The summed E-state index contributed by atoms with van der Waals surface area (Å²) in [6.45, 7) is 1.12. The van der Waals surface area contributed by atoms with Crippen LogP contribution in [0.15, 0.2) is 54.6 Å². The van der Waals surface area contributed by atoms with Crippen molar-refractivity contribution >= 4 is 5.97 Å². The number of hydrogen-bond acceptors (Lipinski definition) is 4. The van der Waals surface area contributed by atoms with Crippen LogP contribution in [0.3, 0.4) is 0 Å². The number of ether oxygens (including phenoxy) is 2. The smallest absolute Gasteiger partial charge is 0.302 e. The Hall–Kier alpha value is -3.79. The van der Waals surface area contributed by atoms with E-state index >= 15 is 0 Å². The van der Waals surface area contributed by atoms with Crippen molar-refractivity contribution in [1.29, 1.82) is 5.26 Å². The van der Waals surface area contributed by atoms with Crippen molar-refractivity contribution in [3.63, 3.8) is 0 Å². The van der Waals surface area contributed by atoms with Gasteiger partial charge in [0.25, 0.3) is 0 Å². The van der Waals surface area contributed by atoms with Crippen molar-refractivity contribution in [1.82, 2.24) is 0 Å². The highest BCUT2D eigenvalue weighted by Gasteiger charge is 2.11. The third-order valence-corrected chi connectivity index (χ3v) is 4.56. The molecule has 0 unspecified atom stereocenters. The van der Waals surface area contributed by atoms with Gasteiger partial charge < -0.3 is 9.47 Å². The molecule has 0 heterocycles. The summed E-state index contributed by atoms with van der Waals surface area (Å²) in [6, 6.07) is 14.4. The van der Waals surface area contributed by atoms with Crippen LogP contribution in [-0.2, 0) is 22.6 Å². The first-order valence-corrected chi connectivity index (χ1v) is 9.40. The van der Waals surface area contributed by atoms with E-state index in [2.05, 4.69) is 0 Å². The Labute approximate surface area is 177 Å². The summed E-state index contributed by atoms with van der Waals surface area (Å²) in [5.41, 5.74) is 1.75. The zero-order chi connectivity index (χ0) is 22.4. The van der Waals surface area contributed by atoms with E-state index in [-0.39, 0.29) is 36.5 Å². The third-order valence-electron chi connectivity index (χ3n) is 4.56. The second kappa shape index (κ2) is 9.81. The first-order valence-electron chi connectivity index (χ1n) is 9.40. The topological polar surface area (TPSA) is 59.3 Å². The van der Waals surface area contributed by atoms with Crippen molar-refractivity contribution in [2.24, 2.45) is 0 Å². The minimum atomic E-state index is -0.642. The van der Waals surface area contributed by atoms with Gasteiger partial charge in [-0.25, -0.2) is 13.2 Å². The molecular weight excluding hydrogens is 407 g/mol. The summed E-state index contributed by atoms with van der Waals surface area (Å²) in [4.78, 5) is 10.8. The van der Waals surface area contributed by atoms with Crippen LogP contribution >= 0.6 is 0 Å². The standard InChI is InChI=1S/C24H18F3NO3/c1-15(29)30-9-8-17-4-5-18(11-23(17)27)19-6-7-21(25)24(12-19)31-14-20-3-2-16(13-28)10-22(20)26/h2-7,10-12H,8-9,14H2,1H3. The van der Waals surface area contributed by atoms with E-state index in [1.807, 2.05) is 6.07 Å². The van der Waals surface area contributed by atoms with E-state index in [0.29, 0.717) is 16.7 Å². The summed E-state index contributed by atoms with van der Waals surface area (Å²) in [5.74, 6) is -2.29. The van der Waals surface area contributed by atoms with Gasteiger partial charge in [0.1, 0.15) is 18.2 Å². The predicted molar refractivity (Wildman–Crippen MR) is 108 cm³/mol. The first-order chi connectivity index (χ1) is 14.9. The number of carbonyl (C=O) groups excluding carboxylic acids is 1. The average molecular weight is 425 g/mol. The molecular formula is C24H18F3NO3. The molecule has 3 aromatic carbocycles. The SMILES string of the molecule is CC(=O)OCCc1ccc(-c2ccc(F)c(OCc3ccc(C#N)cc3F)c2)cc1F. The molecule has 0 atom stereocenters. The van der Waals surface area contributed by atoms with Crippen LogP contribution < -0.4 is 4.74 Å². The number of benzene rings is 3. The van der Waals surface area contributed by atoms with E-state index in [9.17, 15) is 18.0 Å². The second-order valence-electron chi connectivity index (χ2n) is 6.75. The number of rotatable bonds is 7. The molecule has 0 aliphatic carbocycles. The molecule has 3 aromatic rings. The molecule has 0 bridgehead atoms. The Kier molecular flexibility index (Phi) is 6.93. The lowest BCUT2D eigenvalue weighted by Gasteiger charge is -2.11. The van der Waals surface area contributed by atoms with Gasteiger partial charge in [-0.05, 0) is 47.0 Å². The largest absolute Gasteiger partial charge is 0.486 e. The quantitative estimate of drug-likeness (QED) is 0.480. The lowest BCUT2D eigenvalue weighted by atomic mass is 10.0. The van der Waals surface area contributed by atoms with E-state index in [1.165, 1.54) is 43.3 Å². The molecule has 4 nitrogen and oxygen atoms in total. The van der Waals surface area contributed by atoms with E-state index in [0.717, 1.165) is 6.07 Å². The summed E-state index contributed by atoms with van der Waals surface area (Å²) in [7, 11) is 0. The van der Waals surface area contributed by atoms with Crippen LogP contribution in [0.4, 0.5) is 13.2 Å². The van der Waals surface area contributed by atoms with Crippen LogP contribution in [0, 0.1) is 28.8 Å². The summed E-state index contributed by atoms with van der Waals surface area (Å²) in [5, 5.41) is 8.79. The molecule has 0 saturated heterocycles. The van der Waals surface area contributed by atoms with Crippen molar-refractivity contribution in [3.05, 3.63) is 88.7 Å². The van der Waals surface area contributed by atoms with Crippen LogP contribution in [0.5, 0.6) is 5.75 Å². The maximum Gasteiger partial charge on any atom is 0.302 e. The Morgan fingerprint density at radius 2 is 1.58 bits per heavy atom. The molecule has 31 heavy (non-hydrogen) atoms. The Morgan fingerprint density at radius 1 is 0.903 bits per heavy atom. The monoisotopic (exact) mass is 425 g/mol. The van der Waals surface area contributed by atoms with Gasteiger partial charge in [0.05, 0.1) is 18.2 Å². The average Bonchev–Trinajstić information content (AvgIpc) is 2.74. The van der Waals surface area contributed by atoms with E-state index in [4.69, 9.17) is 14.7 Å². The Bertz CT molecular complexity index is 1160. The van der Waals surface area contributed by atoms with Gasteiger partial charge in [-0.3, -0.25) is 4.79 Å². The van der Waals surface area contributed by atoms with Crippen LogP contribution in [0.2, 0.25) is 0 Å². The molecule has 0 aliphatic heterocycles. The molecule has 0 saturated carbocycles. The number of nitriles is 1. The maximum absolute atomic E-state index is 14.4. The molecule has 0 spiro atoms. The fraction of sp³-hybridized carbons (Fsp3) is 0.167. The normalized spacial score (nSPS) is 10.4. The highest BCUT2D eigenvalue weighted by Crippen LogP contribution is 2.28. The second-order valence-corrected chi connectivity index (χ2v) is 6.75. The molecule has 0 fully saturated rings. The zero-order valence-corrected chi connectivity index (χ0v) is 16.6. The number of nitrogens with zero attached hydrogens (tertiary/aromatic N) is 1. The van der Waals surface area contributed by atoms with Gasteiger partial charge in [0.15, 0.2) is 11.6 Å². The van der Waals surface area contributed by atoms with E-state index < -0.39 is 23.4 Å². The summed E-state index contributed by atoms with van der Waals surface area (Å²) in [6.07, 6.45) is 0.236. The van der Waals surface area contributed by atoms with Crippen LogP contribution in [-0.4, -0.2) is 12.6 Å². The fourth-order valence-corrected chi connectivity index (χ4v) is 2.92. The molecule has 0 aliphatic rings. The number of carbonyl (C=O) groups is 1. The number of esters is 1. The van der Waals surface area contributed by atoms with Gasteiger partial charge in [0.2, 0.25) is 0 Å². The van der Waals surface area contributed by atoms with Gasteiger partial charge in [0, 0.05) is 18.9 Å². The molecule has 158 valence electrons. The molecule has 0 amide bonds. The minimum absolute atomic E-state index is 0.0754. The lowest BCUT2D eigenvalue weighted by molar-refractivity contribution is -0.140. The third kappa shape index (κ3) is 5.64. The number of halogens is 3. The fourth-order valence-electron chi connectivity index (χ4n) is 2.92. The Balaban J connectivity index is 1.75. The minimum Gasteiger partial charge on any atom is -0.486 e. The summed E-state index contributed by atoms with van der Waals surface area (Å²) >= 11 is 0. The van der Waals surface area contributed by atoms with Gasteiger partial charge in [-0.2, -0.15) is 5.26 Å². The van der Waals surface area contributed by atoms with Crippen molar-refractivity contribution in [2.45, 2.75) is 20.0 Å². The maximum atomic E-state index is 14.4. The van der Waals surface area contributed by atoms with Gasteiger partial charge >= 0.3 is 5.97 Å². The highest BCUT2D eigenvalue weighted by molar-refractivity contribution is 5.66. The molecule has 0 aromatic heterocycles. The molecule has 7 heteroatoms. The van der Waals surface area contributed by atoms with Gasteiger partial charge in [-0.1, -0.05) is 24.3 Å². The van der Waals surface area contributed by atoms with Crippen LogP contribution in [0.1, 0.15) is 23.6 Å². The zero-order valence-electron chi connectivity index (χ0n) is 16.6. The molecule has 0 radical (unpaired) electrons. The highest BCUT2D eigenvalue weighted by atomic mass is 19.1. The Morgan fingerprint density at radius 3 is 2.26 bits per heavy atom. The summed E-state index contributed by atoms with van der Waals surface area (Å²) < 4.78 is 52.8. The number of hydrogen-bond donors (Lipinski definition) is 0. The van der Waals surface area contributed by atoms with Crippen molar-refractivity contribution in [3.8, 4) is 22.9 Å². The van der Waals surface area contributed by atoms with Crippen molar-refractivity contribution < 1.29 is 27.4 Å². The lowest BCUT2D eigenvalue weighted by Crippen LogP contribution is -2.04. The van der Waals surface area contributed by atoms with E-state index in [1.54, 1.807) is 12.1 Å². The van der Waals surface area contributed by atoms with Crippen LogP contribution in [0.25, 0.3) is 11.1 Å². The van der Waals surface area contributed by atoms with Crippen molar-refractivity contribution in [2.75, 3.05) is 6.61 Å².